The van der Waals surface area contributed by atoms with Gasteiger partial charge >= 0.3 is 0 Å². The van der Waals surface area contributed by atoms with Crippen LogP contribution in [-0.4, -0.2) is 20.1 Å². The molecule has 3 aromatic carbocycles. The summed E-state index contributed by atoms with van der Waals surface area (Å²) in [5, 5.41) is 2.85. The average molecular weight is 349 g/mol. The second-order valence-corrected chi connectivity index (χ2v) is 5.46. The highest BCUT2D eigenvalue weighted by atomic mass is 16.5. The van der Waals surface area contributed by atoms with Crippen molar-refractivity contribution in [1.82, 2.24) is 0 Å². The van der Waals surface area contributed by atoms with Gasteiger partial charge < -0.3 is 19.5 Å². The maximum atomic E-state index is 12.5. The molecular weight excluding hydrogens is 330 g/mol. The summed E-state index contributed by atoms with van der Waals surface area (Å²) in [4.78, 5) is 12.5. The van der Waals surface area contributed by atoms with E-state index in [1.54, 1.807) is 49.6 Å². The van der Waals surface area contributed by atoms with Crippen LogP contribution in [0.25, 0.3) is 0 Å². The summed E-state index contributed by atoms with van der Waals surface area (Å²) in [6, 6.07) is 21.7. The standard InChI is InChI=1S/C21H19NO4/c1-24-18-12-13-19(20(14-18)25-2)21(23)22-15-8-10-17(11-9-15)26-16-6-4-3-5-7-16/h3-14H,1-2H3,(H,22,23). The van der Waals surface area contributed by atoms with Gasteiger partial charge in [-0.2, -0.15) is 0 Å². The first-order chi connectivity index (χ1) is 12.7. The molecule has 0 bridgehead atoms. The van der Waals surface area contributed by atoms with Crippen LogP contribution in [0.5, 0.6) is 23.0 Å². The molecule has 3 aromatic rings. The molecule has 5 heteroatoms. The summed E-state index contributed by atoms with van der Waals surface area (Å²) in [7, 11) is 3.08. The van der Waals surface area contributed by atoms with Gasteiger partial charge in [-0.1, -0.05) is 18.2 Å². The van der Waals surface area contributed by atoms with E-state index in [1.807, 2.05) is 30.3 Å². The summed E-state index contributed by atoms with van der Waals surface area (Å²) in [5.74, 6) is 2.26. The van der Waals surface area contributed by atoms with Crippen LogP contribution in [0.15, 0.2) is 72.8 Å². The zero-order valence-corrected chi connectivity index (χ0v) is 14.6. The van der Waals surface area contributed by atoms with Crippen molar-refractivity contribution in [2.75, 3.05) is 19.5 Å². The minimum absolute atomic E-state index is 0.263. The van der Waals surface area contributed by atoms with Crippen molar-refractivity contribution in [2.45, 2.75) is 0 Å². The van der Waals surface area contributed by atoms with Gasteiger partial charge in [0, 0.05) is 11.8 Å². The Balaban J connectivity index is 1.70. The number of rotatable bonds is 6. The number of nitrogens with one attached hydrogen (secondary N) is 1. The molecule has 0 aliphatic heterocycles. The topological polar surface area (TPSA) is 56.8 Å². The normalized spacial score (nSPS) is 10.1. The number of anilines is 1. The smallest absolute Gasteiger partial charge is 0.259 e. The number of methoxy groups -OCH3 is 2. The summed E-state index contributed by atoms with van der Waals surface area (Å²) >= 11 is 0. The molecular formula is C21H19NO4. The molecule has 1 N–H and O–H groups in total. The number of para-hydroxylation sites is 1. The molecule has 0 saturated heterocycles. The minimum Gasteiger partial charge on any atom is -0.497 e. The van der Waals surface area contributed by atoms with Crippen LogP contribution in [-0.2, 0) is 0 Å². The Morgan fingerprint density at radius 3 is 2.08 bits per heavy atom. The molecule has 0 aliphatic carbocycles. The molecule has 26 heavy (non-hydrogen) atoms. The van der Waals surface area contributed by atoms with Crippen LogP contribution in [0, 0.1) is 0 Å². The van der Waals surface area contributed by atoms with Gasteiger partial charge in [0.25, 0.3) is 5.91 Å². The van der Waals surface area contributed by atoms with Crippen molar-refractivity contribution >= 4 is 11.6 Å². The van der Waals surface area contributed by atoms with E-state index in [0.717, 1.165) is 5.75 Å². The lowest BCUT2D eigenvalue weighted by Crippen LogP contribution is -2.13. The number of carbonyl (C=O) groups is 1. The van der Waals surface area contributed by atoms with Crippen molar-refractivity contribution in [3.8, 4) is 23.0 Å². The molecule has 0 radical (unpaired) electrons. The zero-order chi connectivity index (χ0) is 18.4. The number of amides is 1. The van der Waals surface area contributed by atoms with Crippen molar-refractivity contribution < 1.29 is 19.0 Å². The highest BCUT2D eigenvalue weighted by Crippen LogP contribution is 2.26. The monoisotopic (exact) mass is 349 g/mol. The van der Waals surface area contributed by atoms with Gasteiger partial charge in [-0.25, -0.2) is 0 Å². The highest BCUT2D eigenvalue weighted by Gasteiger charge is 2.13. The Hall–Kier alpha value is -3.47. The second kappa shape index (κ2) is 8.07. The molecule has 0 saturated carbocycles. The Bertz CT molecular complexity index is 876. The van der Waals surface area contributed by atoms with E-state index in [1.165, 1.54) is 7.11 Å². The first kappa shape index (κ1) is 17.4. The third-order valence-corrected chi connectivity index (χ3v) is 3.74. The van der Waals surface area contributed by atoms with E-state index < -0.39 is 0 Å². The van der Waals surface area contributed by atoms with Gasteiger partial charge in [-0.3, -0.25) is 4.79 Å². The van der Waals surface area contributed by atoms with Crippen molar-refractivity contribution in [2.24, 2.45) is 0 Å². The number of benzene rings is 3. The zero-order valence-electron chi connectivity index (χ0n) is 14.6. The Kier molecular flexibility index (Phi) is 5.39. The van der Waals surface area contributed by atoms with Gasteiger partial charge in [0.05, 0.1) is 19.8 Å². The van der Waals surface area contributed by atoms with E-state index >= 15 is 0 Å². The van der Waals surface area contributed by atoms with Gasteiger partial charge in [-0.15, -0.1) is 0 Å². The van der Waals surface area contributed by atoms with Crippen LogP contribution < -0.4 is 19.5 Å². The molecule has 0 spiro atoms. The lowest BCUT2D eigenvalue weighted by Gasteiger charge is -2.11. The van der Waals surface area contributed by atoms with Gasteiger partial charge in [-0.05, 0) is 48.5 Å². The number of hydrogen-bond acceptors (Lipinski definition) is 4. The molecule has 0 aromatic heterocycles. The molecule has 3 rings (SSSR count). The van der Waals surface area contributed by atoms with E-state index in [2.05, 4.69) is 5.32 Å². The fourth-order valence-corrected chi connectivity index (χ4v) is 2.42. The molecule has 1 amide bonds. The fourth-order valence-electron chi connectivity index (χ4n) is 2.42. The number of carbonyl (C=O) groups excluding carboxylic acids is 1. The molecule has 132 valence electrons. The summed E-state index contributed by atoms with van der Waals surface area (Å²) in [5.41, 5.74) is 1.09. The summed E-state index contributed by atoms with van der Waals surface area (Å²) in [6.45, 7) is 0. The molecule has 0 atom stereocenters. The second-order valence-electron chi connectivity index (χ2n) is 5.46. The van der Waals surface area contributed by atoms with Crippen molar-refractivity contribution in [3.05, 3.63) is 78.4 Å². The van der Waals surface area contributed by atoms with E-state index in [0.29, 0.717) is 28.5 Å². The fraction of sp³-hybridized carbons (Fsp3) is 0.0952. The SMILES string of the molecule is COc1ccc(C(=O)Nc2ccc(Oc3ccccc3)cc2)c(OC)c1. The quantitative estimate of drug-likeness (QED) is 0.698. The molecule has 5 nitrogen and oxygen atoms in total. The predicted molar refractivity (Wildman–Crippen MR) is 100 cm³/mol. The highest BCUT2D eigenvalue weighted by molar-refractivity contribution is 6.06. The Labute approximate surface area is 152 Å². The average Bonchev–Trinajstić information content (AvgIpc) is 2.69. The Morgan fingerprint density at radius 2 is 1.42 bits per heavy atom. The van der Waals surface area contributed by atoms with E-state index in [4.69, 9.17) is 14.2 Å². The van der Waals surface area contributed by atoms with E-state index in [9.17, 15) is 4.79 Å². The Morgan fingerprint density at radius 1 is 0.769 bits per heavy atom. The molecule has 0 fully saturated rings. The van der Waals surface area contributed by atoms with Crippen LogP contribution in [0.1, 0.15) is 10.4 Å². The van der Waals surface area contributed by atoms with Gasteiger partial charge in [0.15, 0.2) is 0 Å². The first-order valence-electron chi connectivity index (χ1n) is 8.06. The van der Waals surface area contributed by atoms with Crippen LogP contribution in [0.3, 0.4) is 0 Å². The molecule has 0 heterocycles. The van der Waals surface area contributed by atoms with Crippen LogP contribution in [0.4, 0.5) is 5.69 Å². The van der Waals surface area contributed by atoms with Gasteiger partial charge in [0.1, 0.15) is 23.0 Å². The summed E-state index contributed by atoms with van der Waals surface area (Å²) in [6.07, 6.45) is 0. The van der Waals surface area contributed by atoms with Crippen LogP contribution >= 0.6 is 0 Å². The minimum atomic E-state index is -0.263. The number of hydrogen-bond donors (Lipinski definition) is 1. The lowest BCUT2D eigenvalue weighted by atomic mass is 10.1. The largest absolute Gasteiger partial charge is 0.497 e. The lowest BCUT2D eigenvalue weighted by molar-refractivity contribution is 0.102. The van der Waals surface area contributed by atoms with Gasteiger partial charge in [0.2, 0.25) is 0 Å². The third-order valence-electron chi connectivity index (χ3n) is 3.74. The summed E-state index contributed by atoms with van der Waals surface area (Å²) < 4.78 is 16.2. The maximum Gasteiger partial charge on any atom is 0.259 e. The van der Waals surface area contributed by atoms with Crippen molar-refractivity contribution in [3.63, 3.8) is 0 Å². The molecule has 0 unspecified atom stereocenters. The van der Waals surface area contributed by atoms with Crippen molar-refractivity contribution in [1.29, 1.82) is 0 Å². The molecule has 0 aliphatic rings. The maximum absolute atomic E-state index is 12.5. The first-order valence-corrected chi connectivity index (χ1v) is 8.06. The number of ether oxygens (including phenoxy) is 3. The predicted octanol–water partition coefficient (Wildman–Crippen LogP) is 4.75. The van der Waals surface area contributed by atoms with E-state index in [-0.39, 0.29) is 5.91 Å². The third kappa shape index (κ3) is 4.13. The van der Waals surface area contributed by atoms with Crippen LogP contribution in [0.2, 0.25) is 0 Å².